The van der Waals surface area contributed by atoms with Gasteiger partial charge < -0.3 is 10.2 Å². The summed E-state index contributed by atoms with van der Waals surface area (Å²) in [5.74, 6) is 0.347. The smallest absolute Gasteiger partial charge is 0.345 e. The Morgan fingerprint density at radius 2 is 1.39 bits per heavy atom. The minimum absolute atomic E-state index is 0.0792. The number of aliphatic carboxylic acids is 1. The van der Waals surface area contributed by atoms with Gasteiger partial charge >= 0.3 is 5.97 Å². The Labute approximate surface area is 172 Å². The molecular weight excluding hydrogens is 352 g/mol. The van der Waals surface area contributed by atoms with E-state index in [0.717, 1.165) is 31.8 Å². The topological polar surface area (TPSA) is 63.8 Å². The highest BCUT2D eigenvalue weighted by molar-refractivity contribution is 5.79. The zero-order valence-corrected chi connectivity index (χ0v) is 18.3. The largest absolute Gasteiger partial charge is 0.478 e. The number of rotatable bonds is 19. The van der Waals surface area contributed by atoms with E-state index in [4.69, 9.17) is 5.11 Å². The van der Waals surface area contributed by atoms with Crippen molar-refractivity contribution in [3.63, 3.8) is 0 Å². The summed E-state index contributed by atoms with van der Waals surface area (Å²) in [7, 11) is 0. The highest BCUT2D eigenvalue weighted by Gasteiger charge is 2.30. The van der Waals surface area contributed by atoms with Gasteiger partial charge in [0.25, 0.3) is 0 Å². The molecule has 0 aromatic heterocycles. The van der Waals surface area contributed by atoms with Gasteiger partial charge in [0, 0.05) is 6.42 Å². The van der Waals surface area contributed by atoms with E-state index in [1.165, 1.54) is 83.5 Å². The molecule has 0 saturated carbocycles. The lowest BCUT2D eigenvalue weighted by Gasteiger charge is -2.12. The number of carbonyl (C=O) groups is 1. The van der Waals surface area contributed by atoms with Crippen molar-refractivity contribution < 1.29 is 19.6 Å². The Hall–Kier alpha value is -1.10. The third kappa shape index (κ3) is 11.7. The summed E-state index contributed by atoms with van der Waals surface area (Å²) >= 11 is 0. The first-order valence-corrected chi connectivity index (χ1v) is 11.9. The van der Waals surface area contributed by atoms with E-state index in [1.54, 1.807) is 0 Å². The van der Waals surface area contributed by atoms with Crippen molar-refractivity contribution in [1.29, 1.82) is 0 Å². The number of carboxylic acid groups (broad SMARTS) is 1. The highest BCUT2D eigenvalue weighted by Crippen LogP contribution is 2.14. The van der Waals surface area contributed by atoms with E-state index in [9.17, 15) is 9.90 Å². The molecule has 0 aromatic rings. The van der Waals surface area contributed by atoms with Gasteiger partial charge in [-0.2, -0.15) is 0 Å². The molecule has 28 heavy (non-hydrogen) atoms. The molecule has 1 aliphatic heterocycles. The summed E-state index contributed by atoms with van der Waals surface area (Å²) in [6, 6.07) is 0. The van der Waals surface area contributed by atoms with Crippen LogP contribution in [-0.4, -0.2) is 64.3 Å². The van der Waals surface area contributed by atoms with Crippen LogP contribution in [-0.2, 0) is 4.79 Å². The number of hydrogen-bond acceptors (Lipinski definition) is 3. The van der Waals surface area contributed by atoms with Crippen molar-refractivity contribution in [3.8, 4) is 0 Å². The van der Waals surface area contributed by atoms with Gasteiger partial charge in [-0.3, -0.25) is 9.48 Å². The van der Waals surface area contributed by atoms with Crippen molar-refractivity contribution in [2.24, 2.45) is 0 Å². The molecule has 0 aliphatic carbocycles. The zero-order chi connectivity index (χ0) is 20.5. The number of nitrogens with zero attached hydrogens (tertiary/aromatic N) is 2. The van der Waals surface area contributed by atoms with E-state index in [1.807, 2.05) is 4.58 Å². The Kier molecular flexibility index (Phi) is 15.0. The van der Waals surface area contributed by atoms with Crippen LogP contribution in [0.25, 0.3) is 0 Å². The fraction of sp³-hybridized carbons (Fsp3) is 0.913. The summed E-state index contributed by atoms with van der Waals surface area (Å²) in [6.45, 7) is 4.69. The van der Waals surface area contributed by atoms with Crippen molar-refractivity contribution in [3.05, 3.63) is 0 Å². The van der Waals surface area contributed by atoms with Crippen LogP contribution in [0.15, 0.2) is 0 Å². The fourth-order valence-electron chi connectivity index (χ4n) is 4.19. The van der Waals surface area contributed by atoms with Gasteiger partial charge in [-0.1, -0.05) is 90.4 Å². The molecule has 0 amide bonds. The zero-order valence-electron chi connectivity index (χ0n) is 18.3. The minimum atomic E-state index is -0.774. The summed E-state index contributed by atoms with van der Waals surface area (Å²) in [6.07, 6.45) is 19.8. The summed E-state index contributed by atoms with van der Waals surface area (Å²) < 4.78 is 1.97. The molecular formula is C23H45N2O3+. The fourth-order valence-corrected chi connectivity index (χ4v) is 4.19. The molecule has 0 aromatic carbocycles. The van der Waals surface area contributed by atoms with E-state index < -0.39 is 5.97 Å². The van der Waals surface area contributed by atoms with Crippen LogP contribution in [0.4, 0.5) is 0 Å². The molecule has 1 aliphatic rings. The number of aliphatic hydroxyl groups is 1. The average Bonchev–Trinajstić information content (AvgIpc) is 3.03. The first-order chi connectivity index (χ1) is 13.7. The van der Waals surface area contributed by atoms with Crippen LogP contribution >= 0.6 is 0 Å². The number of β-amino-alcohol motifs (C(OH)–C–C–N with tert-alkyl or cyclic N) is 1. The van der Waals surface area contributed by atoms with E-state index >= 15 is 0 Å². The van der Waals surface area contributed by atoms with Crippen LogP contribution in [0.3, 0.4) is 0 Å². The van der Waals surface area contributed by atoms with Gasteiger partial charge in [-0.15, -0.1) is 0 Å². The second-order valence-corrected chi connectivity index (χ2v) is 8.29. The second kappa shape index (κ2) is 16.8. The molecule has 0 fully saturated rings. The lowest BCUT2D eigenvalue weighted by molar-refractivity contribution is -0.509. The number of amidine groups is 1. The molecule has 164 valence electrons. The maximum atomic E-state index is 11.0. The number of hydrogen-bond donors (Lipinski definition) is 2. The maximum Gasteiger partial charge on any atom is 0.345 e. The van der Waals surface area contributed by atoms with Crippen LogP contribution in [0.5, 0.6) is 0 Å². The SMILES string of the molecule is CCCCCCCCCCCCCCCCC1=[N+](CC(=O)O)CCN1CCO. The molecule has 0 atom stereocenters. The number of unbranched alkanes of at least 4 members (excludes halogenated alkanes) is 13. The highest BCUT2D eigenvalue weighted by atomic mass is 16.4. The maximum absolute atomic E-state index is 11.0. The van der Waals surface area contributed by atoms with E-state index in [0.29, 0.717) is 6.54 Å². The van der Waals surface area contributed by atoms with Crippen LogP contribution < -0.4 is 0 Å². The Morgan fingerprint density at radius 3 is 1.86 bits per heavy atom. The molecule has 0 radical (unpaired) electrons. The van der Waals surface area contributed by atoms with Gasteiger partial charge in [-0.25, -0.2) is 4.79 Å². The first kappa shape index (κ1) is 24.9. The number of aliphatic hydroxyl groups excluding tert-OH is 1. The molecule has 1 rings (SSSR count). The Morgan fingerprint density at radius 1 is 0.893 bits per heavy atom. The van der Waals surface area contributed by atoms with Crippen molar-refractivity contribution >= 4 is 11.8 Å². The average molecular weight is 398 g/mol. The Balaban J connectivity index is 2.02. The van der Waals surface area contributed by atoms with Gasteiger partial charge in [0.15, 0.2) is 6.54 Å². The van der Waals surface area contributed by atoms with Crippen LogP contribution in [0.1, 0.15) is 103 Å². The standard InChI is InChI=1S/C23H44N2O3/c1-2-3-4-5-6-7-8-9-10-11-12-13-14-15-16-22-24(19-20-26)17-18-25(22)21-23(27)28/h26H,2-21H2,1H3/p+1. The van der Waals surface area contributed by atoms with Crippen molar-refractivity contribution in [2.45, 2.75) is 103 Å². The molecule has 5 nitrogen and oxygen atoms in total. The van der Waals surface area contributed by atoms with E-state index in [2.05, 4.69) is 11.8 Å². The quantitative estimate of drug-likeness (QED) is 0.246. The van der Waals surface area contributed by atoms with Gasteiger partial charge in [0.1, 0.15) is 19.6 Å². The third-order valence-corrected chi connectivity index (χ3v) is 5.82. The van der Waals surface area contributed by atoms with Crippen molar-refractivity contribution in [2.75, 3.05) is 32.8 Å². The first-order valence-electron chi connectivity index (χ1n) is 11.9. The normalized spacial score (nSPS) is 14.3. The lowest BCUT2D eigenvalue weighted by Crippen LogP contribution is -2.33. The third-order valence-electron chi connectivity index (χ3n) is 5.82. The summed E-state index contributed by atoms with van der Waals surface area (Å²) in [5, 5.41) is 18.3. The molecule has 0 saturated heterocycles. The predicted molar refractivity (Wildman–Crippen MR) is 116 cm³/mol. The Bertz CT molecular complexity index is 438. The van der Waals surface area contributed by atoms with Gasteiger partial charge in [0.05, 0.1) is 6.61 Å². The summed E-state index contributed by atoms with van der Waals surface area (Å²) in [5.41, 5.74) is 0. The predicted octanol–water partition coefficient (Wildman–Crippen LogP) is 4.66. The lowest BCUT2D eigenvalue weighted by atomic mass is 10.0. The van der Waals surface area contributed by atoms with Crippen LogP contribution in [0, 0.1) is 0 Å². The van der Waals surface area contributed by atoms with Gasteiger partial charge in [-0.05, 0) is 6.42 Å². The van der Waals surface area contributed by atoms with Crippen molar-refractivity contribution in [1.82, 2.24) is 4.90 Å². The molecule has 5 heteroatoms. The van der Waals surface area contributed by atoms with Gasteiger partial charge in [0.2, 0.25) is 5.84 Å². The molecule has 1 heterocycles. The molecule has 0 spiro atoms. The van der Waals surface area contributed by atoms with E-state index in [-0.39, 0.29) is 13.2 Å². The molecule has 2 N–H and O–H groups in total. The minimum Gasteiger partial charge on any atom is -0.478 e. The molecule has 0 bridgehead atoms. The number of carboxylic acids is 1. The van der Waals surface area contributed by atoms with Crippen LogP contribution in [0.2, 0.25) is 0 Å². The second-order valence-electron chi connectivity index (χ2n) is 8.29. The molecule has 0 unspecified atom stereocenters. The summed E-state index contributed by atoms with van der Waals surface area (Å²) in [4.78, 5) is 13.2. The monoisotopic (exact) mass is 397 g/mol.